The Bertz CT molecular complexity index is 263. The van der Waals surface area contributed by atoms with E-state index in [9.17, 15) is 4.79 Å². The van der Waals surface area contributed by atoms with Crippen LogP contribution >= 0.6 is 0 Å². The van der Waals surface area contributed by atoms with E-state index in [2.05, 4.69) is 0 Å². The summed E-state index contributed by atoms with van der Waals surface area (Å²) in [6, 6.07) is 0. The second kappa shape index (κ2) is 5.38. The maximum Gasteiger partial charge on any atom is 0.309 e. The van der Waals surface area contributed by atoms with Crippen molar-refractivity contribution in [1.29, 1.82) is 0 Å². The molecule has 1 aliphatic heterocycles. The van der Waals surface area contributed by atoms with Crippen molar-refractivity contribution in [3.05, 3.63) is 0 Å². The van der Waals surface area contributed by atoms with Gasteiger partial charge in [-0.05, 0) is 44.9 Å². The van der Waals surface area contributed by atoms with E-state index in [1.807, 2.05) is 13.8 Å². The number of hydrogen-bond acceptors (Lipinski definition) is 3. The molecule has 1 aliphatic carbocycles. The molecule has 0 aromatic carbocycles. The van der Waals surface area contributed by atoms with Gasteiger partial charge in [-0.15, -0.1) is 0 Å². The van der Waals surface area contributed by atoms with Gasteiger partial charge < -0.3 is 9.47 Å². The third-order valence-electron chi connectivity index (χ3n) is 4.28. The van der Waals surface area contributed by atoms with Crippen molar-refractivity contribution in [2.24, 2.45) is 5.92 Å². The van der Waals surface area contributed by atoms with Crippen LogP contribution in [-0.4, -0.2) is 24.3 Å². The Kier molecular flexibility index (Phi) is 4.08. The monoisotopic (exact) mass is 240 g/mol. The van der Waals surface area contributed by atoms with Crippen LogP contribution in [0.15, 0.2) is 0 Å². The maximum atomic E-state index is 12.0. The molecule has 0 bridgehead atoms. The fraction of sp³-hybridized carbons (Fsp3) is 0.929. The summed E-state index contributed by atoms with van der Waals surface area (Å²) in [7, 11) is 0. The molecule has 0 amide bonds. The summed E-state index contributed by atoms with van der Waals surface area (Å²) in [5.41, 5.74) is -0.295. The van der Waals surface area contributed by atoms with Crippen LogP contribution in [0.5, 0.6) is 0 Å². The van der Waals surface area contributed by atoms with Gasteiger partial charge in [-0.25, -0.2) is 0 Å². The van der Waals surface area contributed by atoms with Crippen molar-refractivity contribution in [2.45, 2.75) is 70.5 Å². The van der Waals surface area contributed by atoms with Gasteiger partial charge in [-0.3, -0.25) is 4.79 Å². The van der Waals surface area contributed by atoms with Gasteiger partial charge in [-0.1, -0.05) is 13.8 Å². The molecule has 1 saturated heterocycles. The highest BCUT2D eigenvalue weighted by Gasteiger charge is 2.47. The van der Waals surface area contributed by atoms with Gasteiger partial charge in [-0.2, -0.15) is 0 Å². The molecule has 2 atom stereocenters. The van der Waals surface area contributed by atoms with E-state index >= 15 is 0 Å². The van der Waals surface area contributed by atoms with Crippen LogP contribution in [0.2, 0.25) is 0 Å². The molecule has 0 spiro atoms. The fourth-order valence-corrected chi connectivity index (χ4v) is 2.92. The molecule has 2 rings (SSSR count). The highest BCUT2D eigenvalue weighted by molar-refractivity contribution is 5.72. The first-order chi connectivity index (χ1) is 8.18. The highest BCUT2D eigenvalue weighted by atomic mass is 16.6. The second-order valence-electron chi connectivity index (χ2n) is 5.50. The van der Waals surface area contributed by atoms with Crippen LogP contribution in [0.1, 0.15) is 58.8 Å². The summed E-state index contributed by atoms with van der Waals surface area (Å²) in [6.07, 6.45) is 7.45. The van der Waals surface area contributed by atoms with E-state index in [0.29, 0.717) is 0 Å². The van der Waals surface area contributed by atoms with Crippen LogP contribution in [-0.2, 0) is 14.3 Å². The number of ether oxygens (including phenoxy) is 2. The second-order valence-corrected chi connectivity index (χ2v) is 5.50. The number of carbonyl (C=O) groups excluding carboxylic acids is 1. The Balaban J connectivity index is 2.03. The van der Waals surface area contributed by atoms with Crippen LogP contribution in [0.25, 0.3) is 0 Å². The fourth-order valence-electron chi connectivity index (χ4n) is 2.92. The van der Waals surface area contributed by atoms with Gasteiger partial charge in [0.25, 0.3) is 0 Å². The smallest absolute Gasteiger partial charge is 0.309 e. The molecule has 1 saturated carbocycles. The lowest BCUT2D eigenvalue weighted by Gasteiger charge is -2.35. The molecule has 98 valence electrons. The van der Waals surface area contributed by atoms with E-state index < -0.39 is 0 Å². The topological polar surface area (TPSA) is 35.5 Å². The lowest BCUT2D eigenvalue weighted by molar-refractivity contribution is -0.178. The lowest BCUT2D eigenvalue weighted by atomic mass is 9.92. The summed E-state index contributed by atoms with van der Waals surface area (Å²) < 4.78 is 11.6. The molecule has 0 aromatic rings. The van der Waals surface area contributed by atoms with E-state index in [4.69, 9.17) is 9.47 Å². The van der Waals surface area contributed by atoms with Crippen molar-refractivity contribution >= 4 is 5.97 Å². The first-order valence-corrected chi connectivity index (χ1v) is 7.02. The third kappa shape index (κ3) is 2.65. The van der Waals surface area contributed by atoms with Crippen molar-refractivity contribution in [3.63, 3.8) is 0 Å². The Labute approximate surface area is 104 Å². The minimum atomic E-state index is -0.295. The Hall–Kier alpha value is -0.570. The molecular formula is C14H24O3. The van der Waals surface area contributed by atoms with E-state index in [-0.39, 0.29) is 23.6 Å². The quantitative estimate of drug-likeness (QED) is 0.708. The number of carbonyl (C=O) groups is 1. The van der Waals surface area contributed by atoms with E-state index in [1.54, 1.807) is 0 Å². The van der Waals surface area contributed by atoms with Gasteiger partial charge in [0.2, 0.25) is 0 Å². The van der Waals surface area contributed by atoms with Crippen LogP contribution in [0, 0.1) is 5.92 Å². The Morgan fingerprint density at radius 1 is 1.41 bits per heavy atom. The van der Waals surface area contributed by atoms with E-state index in [0.717, 1.165) is 51.6 Å². The average molecular weight is 240 g/mol. The molecule has 0 aromatic heterocycles. The molecule has 2 fully saturated rings. The molecule has 3 heteroatoms. The summed E-state index contributed by atoms with van der Waals surface area (Å²) in [6.45, 7) is 4.80. The SMILES string of the molecule is CCC(C)C(=O)OC1(C2CCCO2)CCCC1. The van der Waals surface area contributed by atoms with Crippen LogP contribution < -0.4 is 0 Å². The lowest BCUT2D eigenvalue weighted by Crippen LogP contribution is -2.44. The molecule has 0 N–H and O–H groups in total. The summed E-state index contributed by atoms with van der Waals surface area (Å²) in [5.74, 6) is -0.0289. The van der Waals surface area contributed by atoms with Crippen molar-refractivity contribution in [3.8, 4) is 0 Å². The zero-order valence-corrected chi connectivity index (χ0v) is 11.0. The molecule has 1 heterocycles. The van der Waals surface area contributed by atoms with Gasteiger partial charge in [0, 0.05) is 6.61 Å². The standard InChI is InChI=1S/C14H24O3/c1-3-11(2)13(15)17-14(8-4-5-9-14)12-7-6-10-16-12/h11-12H,3-10H2,1-2H3. The normalized spacial score (nSPS) is 29.2. The first kappa shape index (κ1) is 12.9. The molecule has 0 radical (unpaired) electrons. The largest absolute Gasteiger partial charge is 0.456 e. The maximum absolute atomic E-state index is 12.0. The zero-order valence-electron chi connectivity index (χ0n) is 11.0. The average Bonchev–Trinajstić information content (AvgIpc) is 2.98. The summed E-state index contributed by atoms with van der Waals surface area (Å²) >= 11 is 0. The van der Waals surface area contributed by atoms with Crippen LogP contribution in [0.3, 0.4) is 0 Å². The predicted molar refractivity (Wildman–Crippen MR) is 65.7 cm³/mol. The van der Waals surface area contributed by atoms with Crippen molar-refractivity contribution in [2.75, 3.05) is 6.61 Å². The van der Waals surface area contributed by atoms with Gasteiger partial charge in [0.15, 0.2) is 0 Å². The molecule has 17 heavy (non-hydrogen) atoms. The molecule has 3 nitrogen and oxygen atoms in total. The minimum Gasteiger partial charge on any atom is -0.456 e. The molecule has 2 unspecified atom stereocenters. The van der Waals surface area contributed by atoms with Crippen molar-refractivity contribution in [1.82, 2.24) is 0 Å². The first-order valence-electron chi connectivity index (χ1n) is 7.02. The van der Waals surface area contributed by atoms with Gasteiger partial charge in [0.05, 0.1) is 12.0 Å². The van der Waals surface area contributed by atoms with E-state index in [1.165, 1.54) is 0 Å². The number of rotatable bonds is 4. The van der Waals surface area contributed by atoms with Crippen LogP contribution in [0.4, 0.5) is 0 Å². The Morgan fingerprint density at radius 2 is 2.12 bits per heavy atom. The highest BCUT2D eigenvalue weighted by Crippen LogP contribution is 2.41. The van der Waals surface area contributed by atoms with Crippen molar-refractivity contribution < 1.29 is 14.3 Å². The summed E-state index contributed by atoms with van der Waals surface area (Å²) in [4.78, 5) is 12.0. The van der Waals surface area contributed by atoms with Gasteiger partial charge in [0.1, 0.15) is 5.60 Å². The molecular weight excluding hydrogens is 216 g/mol. The van der Waals surface area contributed by atoms with Gasteiger partial charge >= 0.3 is 5.97 Å². The Morgan fingerprint density at radius 3 is 2.65 bits per heavy atom. The number of esters is 1. The minimum absolute atomic E-state index is 0.00822. The zero-order chi connectivity index (χ0) is 12.3. The molecule has 2 aliphatic rings. The summed E-state index contributed by atoms with van der Waals surface area (Å²) in [5, 5.41) is 0. The predicted octanol–water partition coefficient (Wildman–Crippen LogP) is 3.07. The third-order valence-corrected chi connectivity index (χ3v) is 4.28. The number of hydrogen-bond donors (Lipinski definition) is 0.